The summed E-state index contributed by atoms with van der Waals surface area (Å²) in [5.74, 6) is -2.07. The zero-order valence-corrected chi connectivity index (χ0v) is 18.0. The largest absolute Gasteiger partial charge is 0.542 e. The Hall–Kier alpha value is -1.78. The van der Waals surface area contributed by atoms with Crippen molar-refractivity contribution in [3.63, 3.8) is 0 Å². The lowest BCUT2D eigenvalue weighted by Crippen LogP contribution is -2.34. The molecule has 30 heavy (non-hydrogen) atoms. The van der Waals surface area contributed by atoms with E-state index in [2.05, 4.69) is 19.9 Å². The van der Waals surface area contributed by atoms with Gasteiger partial charge in [0.2, 0.25) is 0 Å². The first-order valence-electron chi connectivity index (χ1n) is 8.61. The van der Waals surface area contributed by atoms with Crippen molar-refractivity contribution in [2.75, 3.05) is 55.2 Å². The lowest BCUT2D eigenvalue weighted by atomic mass is 10.2. The lowest BCUT2D eigenvalue weighted by Gasteiger charge is -2.27. The summed E-state index contributed by atoms with van der Waals surface area (Å²) < 4.78 is 39.8. The summed E-state index contributed by atoms with van der Waals surface area (Å²) in [6.07, 6.45) is -2.19. The molecule has 2 unspecified atom stereocenters. The maximum absolute atomic E-state index is 11.3. The molecule has 0 aliphatic rings. The fraction of sp³-hybridized carbons (Fsp3) is 0.875. The van der Waals surface area contributed by atoms with Crippen LogP contribution in [0.1, 0.15) is 26.7 Å². The summed E-state index contributed by atoms with van der Waals surface area (Å²) in [5, 5.41) is 7.83. The molecule has 14 nitrogen and oxygen atoms in total. The molecule has 0 aliphatic heterocycles. The van der Waals surface area contributed by atoms with E-state index in [9.17, 15) is 9.59 Å². The summed E-state index contributed by atoms with van der Waals surface area (Å²) in [4.78, 5) is 30.8. The van der Waals surface area contributed by atoms with Crippen LogP contribution in [0.4, 0.5) is 9.59 Å². The van der Waals surface area contributed by atoms with Crippen LogP contribution in [-0.4, -0.2) is 79.1 Å². The normalized spacial score (nSPS) is 15.0. The molecular formula is C16H30O14. The minimum absolute atomic E-state index is 0.00986. The second-order valence-corrected chi connectivity index (χ2v) is 5.78. The van der Waals surface area contributed by atoms with Gasteiger partial charge in [0.1, 0.15) is 26.8 Å². The van der Waals surface area contributed by atoms with Crippen LogP contribution < -0.4 is 0 Å². The molecule has 0 fully saturated rings. The van der Waals surface area contributed by atoms with Crippen molar-refractivity contribution in [3.05, 3.63) is 0 Å². The van der Waals surface area contributed by atoms with E-state index < -0.39 is 23.9 Å². The Labute approximate surface area is 174 Å². The number of hydrogen-bond acceptors (Lipinski definition) is 14. The highest BCUT2D eigenvalue weighted by Gasteiger charge is 2.26. The molecule has 0 saturated carbocycles. The third-order valence-corrected chi connectivity index (χ3v) is 3.61. The molecule has 178 valence electrons. The van der Waals surface area contributed by atoms with Crippen LogP contribution in [-0.2, 0) is 57.7 Å². The number of hydrogen-bond donors (Lipinski definition) is 0. The Kier molecular flexibility index (Phi) is 15.0. The second kappa shape index (κ2) is 16.0. The van der Waals surface area contributed by atoms with Gasteiger partial charge < -0.3 is 37.9 Å². The molecule has 2 atom stereocenters. The van der Waals surface area contributed by atoms with E-state index in [1.54, 1.807) is 13.8 Å². The first kappa shape index (κ1) is 28.2. The molecule has 0 bridgehead atoms. The summed E-state index contributed by atoms with van der Waals surface area (Å²) in [5.41, 5.74) is 0. The van der Waals surface area contributed by atoms with Crippen molar-refractivity contribution in [2.24, 2.45) is 0 Å². The van der Waals surface area contributed by atoms with Crippen molar-refractivity contribution in [2.45, 2.75) is 38.3 Å². The zero-order chi connectivity index (χ0) is 22.9. The van der Waals surface area contributed by atoms with Gasteiger partial charge in [-0.05, 0) is 13.8 Å². The Bertz CT molecular complexity index is 433. The van der Waals surface area contributed by atoms with E-state index in [-0.39, 0.29) is 39.6 Å². The fourth-order valence-corrected chi connectivity index (χ4v) is 1.60. The van der Waals surface area contributed by atoms with Gasteiger partial charge in [-0.1, -0.05) is 0 Å². The topological polar surface area (TPSA) is 145 Å². The zero-order valence-electron chi connectivity index (χ0n) is 18.0. The molecule has 0 aromatic heterocycles. The molecule has 0 rings (SSSR count). The first-order chi connectivity index (χ1) is 14.2. The molecule has 0 aromatic carbocycles. The molecule has 14 heteroatoms. The van der Waals surface area contributed by atoms with E-state index in [1.807, 2.05) is 0 Å². The first-order valence-corrected chi connectivity index (χ1v) is 8.61. The number of carbonyl (C=O) groups excluding carboxylic acids is 2. The predicted octanol–water partition coefficient (Wildman–Crippen LogP) is 1.82. The van der Waals surface area contributed by atoms with Crippen molar-refractivity contribution in [3.8, 4) is 0 Å². The van der Waals surface area contributed by atoms with E-state index >= 15 is 0 Å². The SMILES string of the molecule is COCOC(C)(CCOC(=O)OOOOC(=O)OCCC(C)(OC)OCOC)OC. The number of rotatable bonds is 17. The molecule has 0 aliphatic carbocycles. The van der Waals surface area contributed by atoms with Gasteiger partial charge in [-0.15, -0.1) is 0 Å². The van der Waals surface area contributed by atoms with E-state index in [0.29, 0.717) is 0 Å². The standard InChI is InChI=1S/C16H30O14/c1-15(21-5,25-11-19-3)7-9-23-13(17)27-29-30-28-14(18)24-10-8-16(2,22-6)26-12-20-4/h7-12H2,1-6H3. The molecule has 0 saturated heterocycles. The van der Waals surface area contributed by atoms with Crippen LogP contribution in [0.5, 0.6) is 0 Å². The van der Waals surface area contributed by atoms with Crippen LogP contribution in [0.25, 0.3) is 0 Å². The third-order valence-electron chi connectivity index (χ3n) is 3.61. The number of ether oxygens (including phenoxy) is 8. The molecule has 0 aromatic rings. The molecule has 0 heterocycles. The third kappa shape index (κ3) is 13.4. The van der Waals surface area contributed by atoms with Gasteiger partial charge in [0.25, 0.3) is 0 Å². The van der Waals surface area contributed by atoms with Crippen molar-refractivity contribution in [1.82, 2.24) is 0 Å². The van der Waals surface area contributed by atoms with Crippen LogP contribution >= 0.6 is 0 Å². The lowest BCUT2D eigenvalue weighted by molar-refractivity contribution is -0.601. The van der Waals surface area contributed by atoms with Gasteiger partial charge in [0.15, 0.2) is 11.6 Å². The molecule has 0 N–H and O–H groups in total. The number of carbonyl (C=O) groups is 2. The average molecular weight is 446 g/mol. The van der Waals surface area contributed by atoms with E-state index in [1.165, 1.54) is 28.4 Å². The monoisotopic (exact) mass is 446 g/mol. The maximum atomic E-state index is 11.3. The highest BCUT2D eigenvalue weighted by molar-refractivity contribution is 5.59. The Morgan fingerprint density at radius 2 is 1.03 bits per heavy atom. The van der Waals surface area contributed by atoms with Crippen LogP contribution in [0.15, 0.2) is 0 Å². The van der Waals surface area contributed by atoms with Gasteiger partial charge in [-0.3, -0.25) is 0 Å². The minimum Gasteiger partial charge on any atom is -0.432 e. The van der Waals surface area contributed by atoms with E-state index in [0.717, 1.165) is 0 Å². The average Bonchev–Trinajstić information content (AvgIpc) is 2.74. The Morgan fingerprint density at radius 3 is 1.33 bits per heavy atom. The van der Waals surface area contributed by atoms with Crippen LogP contribution in [0, 0.1) is 0 Å². The molecular weight excluding hydrogens is 416 g/mol. The quantitative estimate of drug-likeness (QED) is 0.105. The van der Waals surface area contributed by atoms with Gasteiger partial charge in [-0.2, -0.15) is 0 Å². The van der Waals surface area contributed by atoms with E-state index in [4.69, 9.17) is 37.9 Å². The summed E-state index contributed by atoms with van der Waals surface area (Å²) in [7, 11) is 5.74. The molecule has 0 radical (unpaired) electrons. The maximum Gasteiger partial charge on any atom is 0.542 e. The predicted molar refractivity (Wildman–Crippen MR) is 93.0 cm³/mol. The smallest absolute Gasteiger partial charge is 0.432 e. The Balaban J connectivity index is 3.88. The molecule has 0 amide bonds. The van der Waals surface area contributed by atoms with Gasteiger partial charge >= 0.3 is 12.3 Å². The van der Waals surface area contributed by atoms with Crippen molar-refractivity contribution < 1.29 is 67.3 Å². The highest BCUT2D eigenvalue weighted by Crippen LogP contribution is 2.17. The summed E-state index contributed by atoms with van der Waals surface area (Å²) in [6, 6.07) is 0. The van der Waals surface area contributed by atoms with Crippen LogP contribution in [0.3, 0.4) is 0 Å². The van der Waals surface area contributed by atoms with Crippen molar-refractivity contribution >= 4 is 12.3 Å². The number of methoxy groups -OCH3 is 4. The summed E-state index contributed by atoms with van der Waals surface area (Å²) in [6.45, 7) is 2.96. The van der Waals surface area contributed by atoms with Crippen LogP contribution in [0.2, 0.25) is 0 Å². The second-order valence-electron chi connectivity index (χ2n) is 5.78. The van der Waals surface area contributed by atoms with Gasteiger partial charge in [0.05, 0.1) is 0 Å². The van der Waals surface area contributed by atoms with Crippen molar-refractivity contribution in [1.29, 1.82) is 0 Å². The van der Waals surface area contributed by atoms with Gasteiger partial charge in [0, 0.05) is 51.4 Å². The summed E-state index contributed by atoms with van der Waals surface area (Å²) >= 11 is 0. The highest BCUT2D eigenvalue weighted by atomic mass is 17.7. The fourth-order valence-electron chi connectivity index (χ4n) is 1.60. The minimum atomic E-state index is -1.26. The molecule has 0 spiro atoms. The van der Waals surface area contributed by atoms with Gasteiger partial charge in [-0.25, -0.2) is 19.4 Å². The Morgan fingerprint density at radius 1 is 0.667 bits per heavy atom.